The number of ether oxygens (including phenoxy) is 1. The maximum absolute atomic E-state index is 5.96. The summed E-state index contributed by atoms with van der Waals surface area (Å²) in [4.78, 5) is 0. The zero-order valence-corrected chi connectivity index (χ0v) is 11.5. The molecule has 1 unspecified atom stereocenters. The van der Waals surface area contributed by atoms with Crippen LogP contribution in [0.3, 0.4) is 0 Å². The summed E-state index contributed by atoms with van der Waals surface area (Å²) < 4.78 is 5.96. The average molecular weight is 255 g/mol. The van der Waals surface area contributed by atoms with E-state index in [0.717, 1.165) is 11.3 Å². The van der Waals surface area contributed by atoms with E-state index in [1.54, 1.807) is 0 Å². The van der Waals surface area contributed by atoms with Crippen molar-refractivity contribution in [2.75, 3.05) is 6.54 Å². The zero-order valence-electron chi connectivity index (χ0n) is 11.5. The van der Waals surface area contributed by atoms with Crippen LogP contribution in [0.15, 0.2) is 54.6 Å². The number of rotatable bonds is 5. The van der Waals surface area contributed by atoms with Gasteiger partial charge in [0.15, 0.2) is 0 Å². The number of benzene rings is 2. The van der Waals surface area contributed by atoms with E-state index in [-0.39, 0.29) is 6.10 Å². The smallest absolute Gasteiger partial charge is 0.136 e. The molecule has 0 saturated heterocycles. The predicted octanol–water partition coefficient (Wildman–Crippen LogP) is 3.89. The van der Waals surface area contributed by atoms with Crippen molar-refractivity contribution in [1.82, 2.24) is 0 Å². The quantitative estimate of drug-likeness (QED) is 0.879. The molecule has 0 bridgehead atoms. The number of hydrogen-bond donors (Lipinski definition) is 1. The Bertz CT molecular complexity index is 490. The third-order valence-electron chi connectivity index (χ3n) is 3.21. The maximum atomic E-state index is 5.96. The monoisotopic (exact) mass is 255 g/mol. The largest absolute Gasteiger partial charge is 0.484 e. The van der Waals surface area contributed by atoms with Crippen molar-refractivity contribution in [2.45, 2.75) is 25.9 Å². The lowest BCUT2D eigenvalue weighted by atomic mass is 10.0. The summed E-state index contributed by atoms with van der Waals surface area (Å²) in [6, 6.07) is 18.3. The summed E-state index contributed by atoms with van der Waals surface area (Å²) in [6.07, 6.45) is -0.0916. The Kier molecular flexibility index (Phi) is 4.58. The molecule has 2 aromatic rings. The summed E-state index contributed by atoms with van der Waals surface area (Å²) in [6.45, 7) is 4.83. The first kappa shape index (κ1) is 13.6. The number of nitrogens with two attached hydrogens (primary N) is 1. The van der Waals surface area contributed by atoms with Crippen LogP contribution in [0.1, 0.15) is 37.0 Å². The van der Waals surface area contributed by atoms with E-state index in [1.807, 2.05) is 42.5 Å². The SMILES string of the molecule is CC(C)c1ccc(OC(CN)c2ccccc2)cc1. The Morgan fingerprint density at radius 3 is 2.05 bits per heavy atom. The van der Waals surface area contributed by atoms with E-state index in [0.29, 0.717) is 12.5 Å². The molecule has 19 heavy (non-hydrogen) atoms. The molecule has 100 valence electrons. The Morgan fingerprint density at radius 1 is 0.895 bits per heavy atom. The van der Waals surface area contributed by atoms with Gasteiger partial charge < -0.3 is 10.5 Å². The molecule has 0 aliphatic carbocycles. The molecule has 2 heteroatoms. The summed E-state index contributed by atoms with van der Waals surface area (Å²) >= 11 is 0. The van der Waals surface area contributed by atoms with E-state index in [4.69, 9.17) is 10.5 Å². The van der Waals surface area contributed by atoms with Gasteiger partial charge in [-0.3, -0.25) is 0 Å². The molecule has 2 N–H and O–H groups in total. The molecular weight excluding hydrogens is 234 g/mol. The van der Waals surface area contributed by atoms with Crippen LogP contribution in [0.4, 0.5) is 0 Å². The normalized spacial score (nSPS) is 12.4. The molecule has 0 saturated carbocycles. The van der Waals surface area contributed by atoms with E-state index >= 15 is 0 Å². The Balaban J connectivity index is 2.10. The van der Waals surface area contributed by atoms with Crippen LogP contribution in [0.2, 0.25) is 0 Å². The highest BCUT2D eigenvalue weighted by Gasteiger charge is 2.11. The molecule has 2 aromatic carbocycles. The van der Waals surface area contributed by atoms with E-state index < -0.39 is 0 Å². The summed E-state index contributed by atoms with van der Waals surface area (Å²) in [5.41, 5.74) is 8.23. The van der Waals surface area contributed by atoms with E-state index in [1.165, 1.54) is 5.56 Å². The van der Waals surface area contributed by atoms with Crippen molar-refractivity contribution in [2.24, 2.45) is 5.73 Å². The second kappa shape index (κ2) is 6.39. The van der Waals surface area contributed by atoms with Crippen molar-refractivity contribution >= 4 is 0 Å². The van der Waals surface area contributed by atoms with Crippen molar-refractivity contribution in [1.29, 1.82) is 0 Å². The van der Waals surface area contributed by atoms with Crippen molar-refractivity contribution in [3.8, 4) is 5.75 Å². The molecule has 1 atom stereocenters. The molecule has 0 aliphatic rings. The first-order chi connectivity index (χ1) is 9.20. The maximum Gasteiger partial charge on any atom is 0.136 e. The number of hydrogen-bond acceptors (Lipinski definition) is 2. The lowest BCUT2D eigenvalue weighted by Gasteiger charge is -2.18. The van der Waals surface area contributed by atoms with Gasteiger partial charge in [0.25, 0.3) is 0 Å². The first-order valence-corrected chi connectivity index (χ1v) is 6.72. The standard InChI is InChI=1S/C17H21NO/c1-13(2)14-8-10-16(11-9-14)19-17(12-18)15-6-4-3-5-7-15/h3-11,13,17H,12,18H2,1-2H3. The molecule has 0 aliphatic heterocycles. The van der Waals surface area contributed by atoms with Gasteiger partial charge in [-0.05, 0) is 29.2 Å². The molecule has 0 radical (unpaired) electrons. The van der Waals surface area contributed by atoms with E-state index in [2.05, 4.69) is 26.0 Å². The van der Waals surface area contributed by atoms with Gasteiger partial charge in [-0.15, -0.1) is 0 Å². The fraction of sp³-hybridized carbons (Fsp3) is 0.294. The van der Waals surface area contributed by atoms with Crippen molar-refractivity contribution < 1.29 is 4.74 Å². The van der Waals surface area contributed by atoms with Crippen LogP contribution in [0, 0.1) is 0 Å². The Hall–Kier alpha value is -1.80. The van der Waals surface area contributed by atoms with Gasteiger partial charge in [0.1, 0.15) is 11.9 Å². The van der Waals surface area contributed by atoms with Gasteiger partial charge in [-0.2, -0.15) is 0 Å². The predicted molar refractivity (Wildman–Crippen MR) is 79.4 cm³/mol. The third kappa shape index (κ3) is 3.58. The van der Waals surface area contributed by atoms with Crippen LogP contribution >= 0.6 is 0 Å². The van der Waals surface area contributed by atoms with Gasteiger partial charge >= 0.3 is 0 Å². The van der Waals surface area contributed by atoms with Gasteiger partial charge in [0, 0.05) is 6.54 Å². The molecule has 0 aromatic heterocycles. The van der Waals surface area contributed by atoms with Gasteiger partial charge in [0.2, 0.25) is 0 Å². The minimum absolute atomic E-state index is 0.0916. The lowest BCUT2D eigenvalue weighted by Crippen LogP contribution is -2.18. The molecule has 0 amide bonds. The third-order valence-corrected chi connectivity index (χ3v) is 3.21. The van der Waals surface area contributed by atoms with Crippen LogP contribution < -0.4 is 10.5 Å². The topological polar surface area (TPSA) is 35.2 Å². The van der Waals surface area contributed by atoms with Crippen LogP contribution in [0.25, 0.3) is 0 Å². The molecular formula is C17H21NO. The zero-order chi connectivity index (χ0) is 13.7. The minimum Gasteiger partial charge on any atom is -0.484 e. The van der Waals surface area contributed by atoms with Crippen LogP contribution in [-0.4, -0.2) is 6.54 Å². The van der Waals surface area contributed by atoms with Gasteiger partial charge in [0.05, 0.1) is 0 Å². The molecule has 0 heterocycles. The fourth-order valence-electron chi connectivity index (χ4n) is 2.02. The van der Waals surface area contributed by atoms with Crippen LogP contribution in [-0.2, 0) is 0 Å². The second-order valence-corrected chi connectivity index (χ2v) is 4.98. The van der Waals surface area contributed by atoms with Crippen molar-refractivity contribution in [3.63, 3.8) is 0 Å². The molecule has 2 nitrogen and oxygen atoms in total. The Labute approximate surface area is 115 Å². The highest BCUT2D eigenvalue weighted by Crippen LogP contribution is 2.23. The summed E-state index contributed by atoms with van der Waals surface area (Å²) in [5.74, 6) is 1.40. The summed E-state index contributed by atoms with van der Waals surface area (Å²) in [7, 11) is 0. The molecule has 2 rings (SSSR count). The van der Waals surface area contributed by atoms with E-state index in [9.17, 15) is 0 Å². The fourth-order valence-corrected chi connectivity index (χ4v) is 2.02. The molecule has 0 spiro atoms. The highest BCUT2D eigenvalue weighted by molar-refractivity contribution is 5.30. The van der Waals surface area contributed by atoms with Gasteiger partial charge in [-0.25, -0.2) is 0 Å². The van der Waals surface area contributed by atoms with Gasteiger partial charge in [-0.1, -0.05) is 56.3 Å². The Morgan fingerprint density at radius 2 is 1.53 bits per heavy atom. The average Bonchev–Trinajstić information content (AvgIpc) is 2.46. The second-order valence-electron chi connectivity index (χ2n) is 4.98. The summed E-state index contributed by atoms with van der Waals surface area (Å²) in [5, 5.41) is 0. The van der Waals surface area contributed by atoms with Crippen molar-refractivity contribution in [3.05, 3.63) is 65.7 Å². The minimum atomic E-state index is -0.0916. The molecule has 0 fully saturated rings. The lowest BCUT2D eigenvalue weighted by molar-refractivity contribution is 0.214. The van der Waals surface area contributed by atoms with Crippen LogP contribution in [0.5, 0.6) is 5.75 Å². The highest BCUT2D eigenvalue weighted by atomic mass is 16.5. The first-order valence-electron chi connectivity index (χ1n) is 6.72.